The van der Waals surface area contributed by atoms with Crippen LogP contribution in [-0.4, -0.2) is 11.7 Å². The third kappa shape index (κ3) is 6.19. The Kier molecular flexibility index (Phi) is 9.18. The first-order valence-electron chi connectivity index (χ1n) is 6.85. The van der Waals surface area contributed by atoms with Crippen molar-refractivity contribution >= 4 is 0 Å². The molecule has 0 aliphatic rings. The molecule has 0 spiro atoms. The van der Waals surface area contributed by atoms with Crippen LogP contribution in [0.25, 0.3) is 0 Å². The van der Waals surface area contributed by atoms with Crippen molar-refractivity contribution < 1.29 is 5.11 Å². The number of unbranched alkanes of at least 4 members (excludes halogenated alkanes) is 3. The van der Waals surface area contributed by atoms with E-state index in [0.29, 0.717) is 12.0 Å². The zero-order valence-electron chi connectivity index (χ0n) is 11.0. The summed E-state index contributed by atoms with van der Waals surface area (Å²) in [4.78, 5) is 0. The summed E-state index contributed by atoms with van der Waals surface area (Å²) in [5.74, 6) is 0. The molecular formula is C14H30O. The van der Waals surface area contributed by atoms with Crippen LogP contribution in [0.5, 0.6) is 0 Å². The average molecular weight is 214 g/mol. The quantitative estimate of drug-likeness (QED) is 0.529. The van der Waals surface area contributed by atoms with Gasteiger partial charge in [0.2, 0.25) is 0 Å². The highest BCUT2D eigenvalue weighted by Gasteiger charge is 2.24. The molecule has 0 aliphatic carbocycles. The van der Waals surface area contributed by atoms with Crippen molar-refractivity contribution in [2.75, 3.05) is 6.61 Å². The van der Waals surface area contributed by atoms with Gasteiger partial charge in [0, 0.05) is 6.61 Å². The van der Waals surface area contributed by atoms with E-state index in [1.165, 1.54) is 51.4 Å². The van der Waals surface area contributed by atoms with Gasteiger partial charge in [-0.1, -0.05) is 59.3 Å². The average Bonchev–Trinajstić information content (AvgIpc) is 2.29. The van der Waals surface area contributed by atoms with Gasteiger partial charge in [-0.25, -0.2) is 0 Å². The van der Waals surface area contributed by atoms with Gasteiger partial charge in [-0.3, -0.25) is 0 Å². The molecule has 0 bridgehead atoms. The smallest absolute Gasteiger partial charge is 0.0431 e. The summed E-state index contributed by atoms with van der Waals surface area (Å²) in [7, 11) is 0. The Morgan fingerprint density at radius 2 is 1.40 bits per heavy atom. The maximum Gasteiger partial charge on any atom is 0.0431 e. The van der Waals surface area contributed by atoms with Gasteiger partial charge in [0.25, 0.3) is 0 Å². The maximum atomic E-state index is 8.93. The molecular weight excluding hydrogens is 184 g/mol. The SMILES string of the molecule is CCCCCCC(CC)(CC)CCCO. The summed E-state index contributed by atoms with van der Waals surface area (Å²) < 4.78 is 0. The molecule has 1 heteroatoms. The summed E-state index contributed by atoms with van der Waals surface area (Å²) in [5.41, 5.74) is 0.524. The predicted octanol–water partition coefficient (Wildman–Crippen LogP) is 4.54. The molecule has 15 heavy (non-hydrogen) atoms. The van der Waals surface area contributed by atoms with Gasteiger partial charge in [-0.15, -0.1) is 0 Å². The Morgan fingerprint density at radius 1 is 0.800 bits per heavy atom. The van der Waals surface area contributed by atoms with E-state index in [-0.39, 0.29) is 0 Å². The van der Waals surface area contributed by atoms with E-state index in [4.69, 9.17) is 5.11 Å². The van der Waals surface area contributed by atoms with Crippen LogP contribution < -0.4 is 0 Å². The molecule has 0 saturated heterocycles. The zero-order valence-corrected chi connectivity index (χ0v) is 11.0. The Morgan fingerprint density at radius 3 is 1.87 bits per heavy atom. The number of aliphatic hydroxyl groups is 1. The van der Waals surface area contributed by atoms with Crippen LogP contribution in [0.15, 0.2) is 0 Å². The molecule has 0 amide bonds. The van der Waals surface area contributed by atoms with E-state index in [0.717, 1.165) is 6.42 Å². The van der Waals surface area contributed by atoms with E-state index in [1.807, 2.05) is 0 Å². The van der Waals surface area contributed by atoms with Gasteiger partial charge in [0.05, 0.1) is 0 Å². The monoisotopic (exact) mass is 214 g/mol. The van der Waals surface area contributed by atoms with Gasteiger partial charge >= 0.3 is 0 Å². The lowest BCUT2D eigenvalue weighted by atomic mass is 9.74. The molecule has 0 saturated carbocycles. The van der Waals surface area contributed by atoms with Crippen LogP contribution in [-0.2, 0) is 0 Å². The van der Waals surface area contributed by atoms with Crippen LogP contribution in [0, 0.1) is 5.41 Å². The molecule has 0 radical (unpaired) electrons. The van der Waals surface area contributed by atoms with Crippen molar-refractivity contribution in [3.8, 4) is 0 Å². The topological polar surface area (TPSA) is 20.2 Å². The van der Waals surface area contributed by atoms with Gasteiger partial charge in [0.1, 0.15) is 0 Å². The normalized spacial score (nSPS) is 12.0. The molecule has 0 unspecified atom stereocenters. The standard InChI is InChI=1S/C14H30O/c1-4-7-8-9-11-14(5-2,6-3)12-10-13-15/h15H,4-13H2,1-3H3. The molecule has 0 aromatic rings. The van der Waals surface area contributed by atoms with E-state index in [2.05, 4.69) is 20.8 Å². The van der Waals surface area contributed by atoms with Gasteiger partial charge < -0.3 is 5.11 Å². The Balaban J connectivity index is 3.88. The van der Waals surface area contributed by atoms with E-state index < -0.39 is 0 Å². The Labute approximate surface area is 96.3 Å². The van der Waals surface area contributed by atoms with Crippen molar-refractivity contribution in [2.24, 2.45) is 5.41 Å². The number of hydrogen-bond acceptors (Lipinski definition) is 1. The van der Waals surface area contributed by atoms with Crippen LogP contribution in [0.4, 0.5) is 0 Å². The maximum absolute atomic E-state index is 8.93. The lowest BCUT2D eigenvalue weighted by Crippen LogP contribution is -2.19. The van der Waals surface area contributed by atoms with Crippen molar-refractivity contribution in [3.05, 3.63) is 0 Å². The largest absolute Gasteiger partial charge is 0.396 e. The summed E-state index contributed by atoms with van der Waals surface area (Å²) in [6, 6.07) is 0. The third-order valence-electron chi connectivity index (χ3n) is 3.93. The Hall–Kier alpha value is -0.0400. The van der Waals surface area contributed by atoms with Crippen LogP contribution in [0.1, 0.15) is 78.6 Å². The highest BCUT2D eigenvalue weighted by Crippen LogP contribution is 2.37. The van der Waals surface area contributed by atoms with Crippen LogP contribution in [0.3, 0.4) is 0 Å². The number of aliphatic hydroxyl groups excluding tert-OH is 1. The second-order valence-electron chi connectivity index (χ2n) is 4.84. The van der Waals surface area contributed by atoms with E-state index >= 15 is 0 Å². The molecule has 1 N–H and O–H groups in total. The molecule has 0 aromatic carbocycles. The minimum atomic E-state index is 0.358. The lowest BCUT2D eigenvalue weighted by molar-refractivity contribution is 0.179. The predicted molar refractivity (Wildman–Crippen MR) is 68.1 cm³/mol. The van der Waals surface area contributed by atoms with Crippen molar-refractivity contribution in [2.45, 2.75) is 78.6 Å². The first-order valence-corrected chi connectivity index (χ1v) is 6.85. The van der Waals surface area contributed by atoms with Crippen molar-refractivity contribution in [1.82, 2.24) is 0 Å². The zero-order chi connectivity index (χ0) is 11.6. The van der Waals surface area contributed by atoms with Crippen LogP contribution >= 0.6 is 0 Å². The fraction of sp³-hybridized carbons (Fsp3) is 1.00. The fourth-order valence-electron chi connectivity index (χ4n) is 2.46. The molecule has 1 nitrogen and oxygen atoms in total. The molecule has 0 aliphatic heterocycles. The fourth-order valence-corrected chi connectivity index (χ4v) is 2.46. The summed E-state index contributed by atoms with van der Waals surface area (Å²) >= 11 is 0. The van der Waals surface area contributed by atoms with Crippen LogP contribution in [0.2, 0.25) is 0 Å². The van der Waals surface area contributed by atoms with Crippen molar-refractivity contribution in [3.63, 3.8) is 0 Å². The molecule has 0 aromatic heterocycles. The van der Waals surface area contributed by atoms with Gasteiger partial charge in [-0.05, 0) is 24.7 Å². The highest BCUT2D eigenvalue weighted by molar-refractivity contribution is 4.76. The molecule has 0 atom stereocenters. The number of hydrogen-bond donors (Lipinski definition) is 1. The molecule has 0 fully saturated rings. The summed E-state index contributed by atoms with van der Waals surface area (Å²) in [5, 5.41) is 8.93. The Bertz CT molecular complexity index is 127. The van der Waals surface area contributed by atoms with Crippen molar-refractivity contribution in [1.29, 1.82) is 0 Å². The molecule has 0 rings (SSSR count). The second-order valence-corrected chi connectivity index (χ2v) is 4.84. The number of rotatable bonds is 10. The minimum Gasteiger partial charge on any atom is -0.396 e. The first kappa shape index (κ1) is 15.0. The molecule has 92 valence electrons. The summed E-state index contributed by atoms with van der Waals surface area (Å²) in [6.45, 7) is 7.23. The van der Waals surface area contributed by atoms with Gasteiger partial charge in [0.15, 0.2) is 0 Å². The van der Waals surface area contributed by atoms with E-state index in [9.17, 15) is 0 Å². The molecule has 0 heterocycles. The first-order chi connectivity index (χ1) is 7.24. The lowest BCUT2D eigenvalue weighted by Gasteiger charge is -2.32. The van der Waals surface area contributed by atoms with E-state index in [1.54, 1.807) is 0 Å². The third-order valence-corrected chi connectivity index (χ3v) is 3.93. The summed E-state index contributed by atoms with van der Waals surface area (Å²) in [6.07, 6.45) is 11.6. The van der Waals surface area contributed by atoms with Gasteiger partial charge in [-0.2, -0.15) is 0 Å². The minimum absolute atomic E-state index is 0.358. The highest BCUT2D eigenvalue weighted by atomic mass is 16.2. The second kappa shape index (κ2) is 9.21.